The zero-order chi connectivity index (χ0) is 20.2. The van der Waals surface area contributed by atoms with Crippen molar-refractivity contribution in [3.8, 4) is 0 Å². The van der Waals surface area contributed by atoms with E-state index < -0.39 is 10.0 Å². The molecule has 0 amide bonds. The molecular formula is C18H15N5O3S3. The molecule has 0 aliphatic rings. The van der Waals surface area contributed by atoms with Gasteiger partial charge >= 0.3 is 5.84 Å². The molecule has 0 atom stereocenters. The van der Waals surface area contributed by atoms with Crippen molar-refractivity contribution in [2.24, 2.45) is 0 Å². The molecule has 0 spiro atoms. The number of thioether (sulfide) groups is 1. The number of oxazole rings is 1. The fourth-order valence-electron chi connectivity index (χ4n) is 2.96. The van der Waals surface area contributed by atoms with Crippen molar-refractivity contribution in [1.82, 2.24) is 23.9 Å². The normalized spacial score (nSPS) is 12.7. The summed E-state index contributed by atoms with van der Waals surface area (Å²) in [5.41, 5.74) is 2.14. The van der Waals surface area contributed by atoms with Crippen molar-refractivity contribution >= 4 is 60.3 Å². The summed E-state index contributed by atoms with van der Waals surface area (Å²) in [5, 5.41) is 9.89. The highest BCUT2D eigenvalue weighted by atomic mass is 32.2. The topological polar surface area (TPSA) is 93.6 Å². The summed E-state index contributed by atoms with van der Waals surface area (Å²) in [4.78, 5) is 4.83. The van der Waals surface area contributed by atoms with Crippen LogP contribution in [0.2, 0.25) is 0 Å². The van der Waals surface area contributed by atoms with Crippen LogP contribution in [0.1, 0.15) is 5.01 Å². The lowest BCUT2D eigenvalue weighted by Gasteiger charge is -2.10. The van der Waals surface area contributed by atoms with Gasteiger partial charge in [0.1, 0.15) is 5.01 Å². The van der Waals surface area contributed by atoms with Crippen molar-refractivity contribution in [3.05, 3.63) is 47.5 Å². The first-order valence-corrected chi connectivity index (χ1v) is 11.9. The zero-order valence-corrected chi connectivity index (χ0v) is 17.9. The molecule has 8 nitrogen and oxygen atoms in total. The van der Waals surface area contributed by atoms with Gasteiger partial charge in [0.25, 0.3) is 0 Å². The van der Waals surface area contributed by atoms with Crippen LogP contribution in [0.3, 0.4) is 0 Å². The van der Waals surface area contributed by atoms with Gasteiger partial charge in [-0.1, -0.05) is 29.0 Å². The Labute approximate surface area is 174 Å². The first-order chi connectivity index (χ1) is 13.9. The Balaban J connectivity index is 1.53. The van der Waals surface area contributed by atoms with Gasteiger partial charge in [0, 0.05) is 14.1 Å². The summed E-state index contributed by atoms with van der Waals surface area (Å²) in [6.07, 6.45) is 0. The minimum absolute atomic E-state index is 0.188. The number of aromatic nitrogens is 4. The number of nitrogens with zero attached hydrogens (tertiary/aromatic N) is 5. The summed E-state index contributed by atoms with van der Waals surface area (Å²) < 4.78 is 34.8. The highest BCUT2D eigenvalue weighted by Crippen LogP contribution is 2.31. The predicted octanol–water partition coefficient (Wildman–Crippen LogP) is 3.63. The molecule has 0 N–H and O–H groups in total. The lowest BCUT2D eigenvalue weighted by atomic mass is 10.3. The van der Waals surface area contributed by atoms with E-state index in [1.807, 2.05) is 24.3 Å². The van der Waals surface area contributed by atoms with E-state index in [1.165, 1.54) is 36.2 Å². The van der Waals surface area contributed by atoms with Crippen LogP contribution in [0, 0.1) is 0 Å². The van der Waals surface area contributed by atoms with Crippen LogP contribution in [-0.4, -0.2) is 46.4 Å². The van der Waals surface area contributed by atoms with Gasteiger partial charge < -0.3 is 4.42 Å². The van der Waals surface area contributed by atoms with E-state index in [9.17, 15) is 8.42 Å². The molecule has 0 aliphatic carbocycles. The summed E-state index contributed by atoms with van der Waals surface area (Å²) >= 11 is 3.12. The Kier molecular flexibility index (Phi) is 4.35. The molecule has 5 rings (SSSR count). The predicted molar refractivity (Wildman–Crippen MR) is 113 cm³/mol. The molecule has 0 fully saturated rings. The van der Waals surface area contributed by atoms with E-state index in [0.717, 1.165) is 15.2 Å². The third-order valence-electron chi connectivity index (χ3n) is 4.42. The fourth-order valence-corrected chi connectivity index (χ4v) is 5.78. The maximum atomic E-state index is 12.5. The van der Waals surface area contributed by atoms with Gasteiger partial charge in [0.15, 0.2) is 10.7 Å². The summed E-state index contributed by atoms with van der Waals surface area (Å²) in [6.45, 7) is 0. The van der Waals surface area contributed by atoms with Gasteiger partial charge in [-0.15, -0.1) is 16.4 Å². The molecule has 0 bridgehead atoms. The molecule has 3 aromatic heterocycles. The smallest absolute Gasteiger partial charge is 0.328 e. The number of thiazole rings is 1. The number of hydrogen-bond donors (Lipinski definition) is 0. The Bertz CT molecular complexity index is 1430. The maximum absolute atomic E-state index is 12.5. The second-order valence-electron chi connectivity index (χ2n) is 6.48. The maximum Gasteiger partial charge on any atom is 0.328 e. The van der Waals surface area contributed by atoms with Crippen molar-refractivity contribution in [2.45, 2.75) is 15.8 Å². The molecule has 148 valence electrons. The first-order valence-electron chi connectivity index (χ1n) is 8.61. The number of hydrogen-bond acceptors (Lipinski definition) is 8. The average molecular weight is 446 g/mol. The number of para-hydroxylation sites is 1. The summed E-state index contributed by atoms with van der Waals surface area (Å²) in [5.74, 6) is 0.953. The van der Waals surface area contributed by atoms with Crippen LogP contribution >= 0.6 is 23.1 Å². The lowest BCUT2D eigenvalue weighted by molar-refractivity contribution is 0.521. The second kappa shape index (κ2) is 6.80. The highest BCUT2D eigenvalue weighted by molar-refractivity contribution is 7.98. The SMILES string of the molecule is CN(C)S(=O)(=O)c1ccc2oc3nnc(SCc4nc5ccccc5s4)n3c2c1. The van der Waals surface area contributed by atoms with E-state index >= 15 is 0 Å². The van der Waals surface area contributed by atoms with Crippen molar-refractivity contribution in [3.63, 3.8) is 0 Å². The highest BCUT2D eigenvalue weighted by Gasteiger charge is 2.21. The Morgan fingerprint density at radius 3 is 2.79 bits per heavy atom. The molecule has 0 saturated carbocycles. The van der Waals surface area contributed by atoms with Crippen LogP contribution in [0.4, 0.5) is 0 Å². The molecule has 11 heteroatoms. The molecule has 5 aromatic rings. The molecular weight excluding hydrogens is 430 g/mol. The number of fused-ring (bicyclic) bond motifs is 4. The standard InChI is InChI=1S/C18H15N5O3S3/c1-22(2)29(24,25)11-7-8-14-13(9-11)23-17(26-14)20-21-18(23)27-10-16-19-12-5-3-4-6-15(12)28-16/h3-9H,10H2,1-2H3. The van der Waals surface area contributed by atoms with E-state index in [4.69, 9.17) is 4.42 Å². The van der Waals surface area contributed by atoms with Crippen LogP contribution in [0.15, 0.2) is 56.9 Å². The quantitative estimate of drug-likeness (QED) is 0.381. The molecule has 0 aliphatic heterocycles. The minimum Gasteiger partial charge on any atom is -0.422 e. The number of sulfonamides is 1. The Hall–Kier alpha value is -2.47. The molecule has 0 unspecified atom stereocenters. The number of rotatable bonds is 5. The second-order valence-corrected chi connectivity index (χ2v) is 10.7. The average Bonchev–Trinajstić information content (AvgIpc) is 3.38. The molecule has 0 radical (unpaired) electrons. The minimum atomic E-state index is -3.56. The van der Waals surface area contributed by atoms with Gasteiger partial charge in [-0.25, -0.2) is 22.1 Å². The first kappa shape index (κ1) is 18.6. The Morgan fingerprint density at radius 1 is 1.17 bits per heavy atom. The van der Waals surface area contributed by atoms with Gasteiger partial charge in [-0.05, 0) is 30.3 Å². The monoisotopic (exact) mass is 445 g/mol. The van der Waals surface area contributed by atoms with Gasteiger partial charge in [0.2, 0.25) is 10.0 Å². The largest absolute Gasteiger partial charge is 0.422 e. The third-order valence-corrected chi connectivity index (χ3v) is 8.39. The third kappa shape index (κ3) is 3.10. The van der Waals surface area contributed by atoms with Crippen LogP contribution in [0.5, 0.6) is 0 Å². The molecule has 29 heavy (non-hydrogen) atoms. The van der Waals surface area contributed by atoms with E-state index in [1.54, 1.807) is 27.9 Å². The summed E-state index contributed by atoms with van der Waals surface area (Å²) in [6, 6.07) is 12.8. The summed E-state index contributed by atoms with van der Waals surface area (Å²) in [7, 11) is -0.553. The fraction of sp³-hybridized carbons (Fsp3) is 0.167. The van der Waals surface area contributed by atoms with Gasteiger partial charge in [-0.3, -0.25) is 0 Å². The zero-order valence-electron chi connectivity index (χ0n) is 15.4. The molecule has 0 saturated heterocycles. The van der Waals surface area contributed by atoms with Gasteiger partial charge in [-0.2, -0.15) is 0 Å². The lowest BCUT2D eigenvalue weighted by Crippen LogP contribution is -2.22. The van der Waals surface area contributed by atoms with Crippen molar-refractivity contribution < 1.29 is 12.8 Å². The van der Waals surface area contributed by atoms with Crippen molar-refractivity contribution in [2.75, 3.05) is 14.1 Å². The van der Waals surface area contributed by atoms with E-state index in [-0.39, 0.29) is 4.90 Å². The van der Waals surface area contributed by atoms with Crippen LogP contribution in [0.25, 0.3) is 27.2 Å². The molecule has 2 aromatic carbocycles. The molecule has 3 heterocycles. The van der Waals surface area contributed by atoms with E-state index in [0.29, 0.717) is 27.9 Å². The van der Waals surface area contributed by atoms with Gasteiger partial charge in [0.05, 0.1) is 26.4 Å². The van der Waals surface area contributed by atoms with Crippen molar-refractivity contribution in [1.29, 1.82) is 0 Å². The van der Waals surface area contributed by atoms with Crippen LogP contribution < -0.4 is 0 Å². The van der Waals surface area contributed by atoms with E-state index in [2.05, 4.69) is 15.2 Å². The van der Waals surface area contributed by atoms with Crippen LogP contribution in [-0.2, 0) is 15.8 Å². The Morgan fingerprint density at radius 2 is 2.00 bits per heavy atom. The number of benzene rings is 2.